The largest absolute Gasteiger partial charge is 0.503 e. The highest BCUT2D eigenvalue weighted by molar-refractivity contribution is 9.10. The average Bonchev–Trinajstić information content (AvgIpc) is 2.16. The second-order valence-corrected chi connectivity index (χ2v) is 5.54. The second-order valence-electron chi connectivity index (χ2n) is 2.81. The summed E-state index contributed by atoms with van der Waals surface area (Å²) in [4.78, 5) is 3.25. The Morgan fingerprint density at radius 2 is 1.71 bits per heavy atom. The quantitative estimate of drug-likeness (QED) is 0.614. The zero-order valence-corrected chi connectivity index (χ0v) is 10.1. The molecule has 96 valence electrons. The highest BCUT2D eigenvalue weighted by atomic mass is 79.9. The van der Waals surface area contributed by atoms with Crippen molar-refractivity contribution in [2.45, 2.75) is 10.8 Å². The van der Waals surface area contributed by atoms with E-state index in [9.17, 15) is 30.4 Å². The summed E-state index contributed by atoms with van der Waals surface area (Å²) in [6, 6.07) is 1.44. The maximum Gasteiger partial charge on any atom is 0.503 e. The van der Waals surface area contributed by atoms with Gasteiger partial charge in [0.25, 0.3) is 0 Å². The Morgan fingerprint density at radius 1 is 1.18 bits per heavy atom. The van der Waals surface area contributed by atoms with E-state index in [4.69, 9.17) is 0 Å². The van der Waals surface area contributed by atoms with Crippen LogP contribution in [-0.4, -0.2) is 18.9 Å². The van der Waals surface area contributed by atoms with Gasteiger partial charge in [-0.15, -0.1) is 0 Å². The van der Waals surface area contributed by atoms with E-state index in [2.05, 4.69) is 20.9 Å². The molecule has 1 aromatic rings. The molecule has 10 heteroatoms. The molecule has 17 heavy (non-hydrogen) atoms. The number of alkyl halides is 5. The number of rotatable bonds is 2. The Balaban J connectivity index is 3.46. The summed E-state index contributed by atoms with van der Waals surface area (Å²) >= 11 is 2.47. The van der Waals surface area contributed by atoms with Crippen LogP contribution in [0.15, 0.2) is 22.9 Å². The molecule has 0 spiro atoms. The molecule has 0 aromatic carbocycles. The van der Waals surface area contributed by atoms with E-state index in [1.807, 2.05) is 0 Å². The van der Waals surface area contributed by atoms with Gasteiger partial charge in [0, 0.05) is 6.20 Å². The van der Waals surface area contributed by atoms with Crippen molar-refractivity contribution in [3.63, 3.8) is 0 Å². The van der Waals surface area contributed by atoms with Crippen LogP contribution in [0.2, 0.25) is 0 Å². The molecule has 0 aliphatic carbocycles. The van der Waals surface area contributed by atoms with Crippen molar-refractivity contribution in [1.82, 2.24) is 4.98 Å². The molecule has 0 saturated heterocycles. The van der Waals surface area contributed by atoms with Gasteiger partial charge in [-0.2, -0.15) is 22.0 Å². The summed E-state index contributed by atoms with van der Waals surface area (Å²) < 4.78 is 83.5. The number of sulfone groups is 1. The van der Waals surface area contributed by atoms with E-state index in [-0.39, 0.29) is 0 Å². The van der Waals surface area contributed by atoms with Gasteiger partial charge in [0.2, 0.25) is 0 Å². The summed E-state index contributed by atoms with van der Waals surface area (Å²) in [5.74, 6) is 0. The van der Waals surface area contributed by atoms with Crippen molar-refractivity contribution in [3.8, 4) is 0 Å². The first kappa shape index (κ1) is 14.3. The van der Waals surface area contributed by atoms with Crippen LogP contribution in [0.1, 0.15) is 5.56 Å². The van der Waals surface area contributed by atoms with Crippen molar-refractivity contribution in [3.05, 3.63) is 28.5 Å². The first-order chi connectivity index (χ1) is 7.52. The van der Waals surface area contributed by atoms with Crippen molar-refractivity contribution in [2.75, 3.05) is 0 Å². The van der Waals surface area contributed by atoms with E-state index in [0.717, 1.165) is 12.3 Å². The van der Waals surface area contributed by atoms with Gasteiger partial charge in [-0.1, -0.05) is 0 Å². The van der Waals surface area contributed by atoms with Gasteiger partial charge in [-0.3, -0.25) is 0 Å². The van der Waals surface area contributed by atoms with E-state index in [0.29, 0.717) is 6.07 Å². The van der Waals surface area contributed by atoms with Crippen molar-refractivity contribution in [1.29, 1.82) is 0 Å². The van der Waals surface area contributed by atoms with E-state index < -0.39 is 30.8 Å². The van der Waals surface area contributed by atoms with E-state index in [1.165, 1.54) is 0 Å². The van der Waals surface area contributed by atoms with Crippen LogP contribution in [0.5, 0.6) is 0 Å². The third kappa shape index (κ3) is 2.28. The molecule has 0 aliphatic heterocycles. The molecular weight excluding hydrogens is 337 g/mol. The minimum atomic E-state index is -6.65. The number of aromatic nitrogens is 1. The zero-order valence-electron chi connectivity index (χ0n) is 7.67. The molecule has 0 saturated carbocycles. The summed E-state index contributed by atoms with van der Waals surface area (Å²) in [5, 5.41) is -5.10. The zero-order chi connectivity index (χ0) is 13.5. The van der Waals surface area contributed by atoms with E-state index in [1.54, 1.807) is 0 Å². The molecule has 1 rings (SSSR count). The Bertz CT molecular complexity index is 527. The highest BCUT2D eigenvalue weighted by Gasteiger charge is 2.63. The van der Waals surface area contributed by atoms with Gasteiger partial charge in [-0.25, -0.2) is 13.4 Å². The third-order valence-corrected chi connectivity index (χ3v) is 3.85. The maximum absolute atomic E-state index is 13.3. The molecule has 1 aromatic heterocycles. The standard InChI is InChI=1S/C7H3BrF5NO2S/c8-5-4(2-1-3-14-5)6(9,10)17(15,16)7(11,12)13/h1-3H. The second kappa shape index (κ2) is 4.16. The first-order valence-electron chi connectivity index (χ1n) is 3.81. The first-order valence-corrected chi connectivity index (χ1v) is 6.09. The van der Waals surface area contributed by atoms with Gasteiger partial charge in [0.05, 0.1) is 5.56 Å². The molecule has 0 bridgehead atoms. The molecule has 0 fully saturated rings. The van der Waals surface area contributed by atoms with Crippen LogP contribution in [0.25, 0.3) is 0 Å². The minimum Gasteiger partial charge on any atom is -0.249 e. The third-order valence-electron chi connectivity index (χ3n) is 1.71. The fraction of sp³-hybridized carbons (Fsp3) is 0.286. The van der Waals surface area contributed by atoms with Crippen molar-refractivity contribution < 1.29 is 30.4 Å². The highest BCUT2D eigenvalue weighted by Crippen LogP contribution is 2.44. The summed E-state index contributed by atoms with van der Waals surface area (Å²) in [6.45, 7) is 0. The number of nitrogens with zero attached hydrogens (tertiary/aromatic N) is 1. The summed E-state index contributed by atoms with van der Waals surface area (Å²) in [5.41, 5.74) is -7.41. The van der Waals surface area contributed by atoms with Gasteiger partial charge in [0.1, 0.15) is 4.60 Å². The average molecular weight is 340 g/mol. The molecule has 0 radical (unpaired) electrons. The Labute approximate surface area is 101 Å². The predicted molar refractivity (Wildman–Crippen MR) is 50.8 cm³/mol. The molecule has 1 heterocycles. The number of halogens is 6. The van der Waals surface area contributed by atoms with Gasteiger partial charge >= 0.3 is 20.6 Å². The van der Waals surface area contributed by atoms with Gasteiger partial charge < -0.3 is 0 Å². The topological polar surface area (TPSA) is 47.0 Å². The lowest BCUT2D eigenvalue weighted by Crippen LogP contribution is -2.38. The monoisotopic (exact) mass is 339 g/mol. The molecule has 0 amide bonds. The molecule has 0 unspecified atom stereocenters. The fourth-order valence-electron chi connectivity index (χ4n) is 0.893. The maximum atomic E-state index is 13.3. The lowest BCUT2D eigenvalue weighted by Gasteiger charge is -2.19. The number of hydrogen-bond donors (Lipinski definition) is 0. The van der Waals surface area contributed by atoms with Crippen molar-refractivity contribution >= 4 is 25.8 Å². The van der Waals surface area contributed by atoms with Crippen LogP contribution in [-0.2, 0) is 15.1 Å². The number of pyridine rings is 1. The molecule has 0 N–H and O–H groups in total. The normalized spacial score (nSPS) is 13.8. The van der Waals surface area contributed by atoms with Crippen LogP contribution < -0.4 is 0 Å². The molecule has 0 aliphatic rings. The molecule has 3 nitrogen and oxygen atoms in total. The Hall–Kier alpha value is -0.770. The SMILES string of the molecule is O=S(=O)(C(F)(F)F)C(F)(F)c1cccnc1Br. The molecule has 0 atom stereocenters. The van der Waals surface area contributed by atoms with E-state index >= 15 is 0 Å². The molecular formula is C7H3BrF5NO2S. The van der Waals surface area contributed by atoms with Crippen LogP contribution >= 0.6 is 15.9 Å². The summed E-state index contributed by atoms with van der Waals surface area (Å²) in [7, 11) is -6.65. The Kier molecular flexibility index (Phi) is 3.50. The van der Waals surface area contributed by atoms with Crippen LogP contribution in [0.4, 0.5) is 22.0 Å². The van der Waals surface area contributed by atoms with Gasteiger partial charge in [0.15, 0.2) is 0 Å². The van der Waals surface area contributed by atoms with Crippen LogP contribution in [0, 0.1) is 0 Å². The van der Waals surface area contributed by atoms with Gasteiger partial charge in [-0.05, 0) is 28.1 Å². The van der Waals surface area contributed by atoms with Crippen molar-refractivity contribution in [2.24, 2.45) is 0 Å². The van der Waals surface area contributed by atoms with Crippen LogP contribution in [0.3, 0.4) is 0 Å². The fourth-order valence-corrected chi connectivity index (χ4v) is 2.27. The number of hydrogen-bond acceptors (Lipinski definition) is 3. The smallest absolute Gasteiger partial charge is 0.249 e. The Morgan fingerprint density at radius 3 is 2.12 bits per heavy atom. The summed E-state index contributed by atoms with van der Waals surface area (Å²) in [6.07, 6.45) is 1.02. The minimum absolute atomic E-state index is 0.542. The lowest BCUT2D eigenvalue weighted by molar-refractivity contribution is -0.0574. The predicted octanol–water partition coefficient (Wildman–Crippen LogP) is 2.83. The lowest BCUT2D eigenvalue weighted by atomic mass is 10.3.